The van der Waals surface area contributed by atoms with E-state index in [1.807, 2.05) is 39.8 Å². The van der Waals surface area contributed by atoms with Gasteiger partial charge in [0.1, 0.15) is 5.60 Å². The molecule has 0 aliphatic carbocycles. The normalized spacial score (nSPS) is 11.4. The van der Waals surface area contributed by atoms with E-state index in [-0.39, 0.29) is 5.69 Å². The minimum atomic E-state index is -0.566. The molecule has 2 N–H and O–H groups in total. The van der Waals surface area contributed by atoms with E-state index in [1.54, 1.807) is 16.8 Å². The van der Waals surface area contributed by atoms with Gasteiger partial charge in [0.2, 0.25) is 0 Å². The first-order chi connectivity index (χ1) is 9.81. The van der Waals surface area contributed by atoms with Crippen LogP contribution in [0.15, 0.2) is 24.3 Å². The maximum atomic E-state index is 12.2. The van der Waals surface area contributed by atoms with Gasteiger partial charge in [0.05, 0.1) is 11.4 Å². The first-order valence-electron chi connectivity index (χ1n) is 6.85. The second-order valence-corrected chi connectivity index (χ2v) is 5.75. The number of ether oxygens (including phenoxy) is 1. The Morgan fingerprint density at radius 3 is 2.67 bits per heavy atom. The number of hydrogen-bond acceptors (Lipinski definition) is 5. The van der Waals surface area contributed by atoms with E-state index in [1.165, 1.54) is 0 Å². The number of nitrogens with two attached hydrogens (primary N) is 1. The van der Waals surface area contributed by atoms with E-state index in [9.17, 15) is 4.79 Å². The zero-order valence-electron chi connectivity index (χ0n) is 12.8. The van der Waals surface area contributed by atoms with E-state index >= 15 is 0 Å². The molecule has 0 fully saturated rings. The van der Waals surface area contributed by atoms with Gasteiger partial charge in [0, 0.05) is 5.69 Å². The van der Waals surface area contributed by atoms with Gasteiger partial charge in [0.25, 0.3) is 0 Å². The summed E-state index contributed by atoms with van der Waals surface area (Å²) in [6, 6.07) is 7.27. The molecule has 0 unspecified atom stereocenters. The molecule has 0 saturated heterocycles. The quantitative estimate of drug-likeness (QED) is 0.692. The Balaban J connectivity index is 2.41. The molecular weight excluding hydrogens is 268 g/mol. The van der Waals surface area contributed by atoms with Crippen LogP contribution in [0, 0.1) is 0 Å². The van der Waals surface area contributed by atoms with E-state index in [0.717, 1.165) is 5.69 Å². The monoisotopic (exact) mass is 288 g/mol. The van der Waals surface area contributed by atoms with E-state index in [2.05, 4.69) is 10.3 Å². The lowest BCUT2D eigenvalue weighted by atomic mass is 10.2. The fraction of sp³-hybridized carbons (Fsp3) is 0.400. The second-order valence-electron chi connectivity index (χ2n) is 5.75. The van der Waals surface area contributed by atoms with Crippen LogP contribution in [0.4, 0.5) is 5.69 Å². The number of hydrogen-bond donors (Lipinski definition) is 1. The van der Waals surface area contributed by atoms with Gasteiger partial charge >= 0.3 is 5.97 Å². The van der Waals surface area contributed by atoms with Crippen molar-refractivity contribution in [3.8, 4) is 5.69 Å². The minimum Gasteiger partial charge on any atom is -0.455 e. The molecule has 6 heteroatoms. The van der Waals surface area contributed by atoms with Crippen LogP contribution in [0.5, 0.6) is 0 Å². The summed E-state index contributed by atoms with van der Waals surface area (Å²) < 4.78 is 6.98. The number of nitrogen functional groups attached to an aromatic ring is 1. The number of benzene rings is 1. The first kappa shape index (κ1) is 15.0. The number of carbonyl (C=O) groups excluding carboxylic acids is 1. The highest BCUT2D eigenvalue weighted by atomic mass is 16.6. The molecule has 0 amide bonds. The Labute approximate surface area is 123 Å². The molecule has 1 aromatic heterocycles. The second kappa shape index (κ2) is 5.55. The lowest BCUT2D eigenvalue weighted by Crippen LogP contribution is -2.24. The molecule has 1 heterocycles. The van der Waals surface area contributed by atoms with E-state index in [0.29, 0.717) is 17.8 Å². The van der Waals surface area contributed by atoms with Crippen LogP contribution in [0.25, 0.3) is 5.69 Å². The molecule has 0 spiro atoms. The predicted octanol–water partition coefficient (Wildman–Crippen LogP) is 2.37. The van der Waals surface area contributed by atoms with E-state index < -0.39 is 11.6 Å². The van der Waals surface area contributed by atoms with Crippen molar-refractivity contribution in [1.82, 2.24) is 15.0 Å². The fourth-order valence-electron chi connectivity index (χ4n) is 1.97. The summed E-state index contributed by atoms with van der Waals surface area (Å²) in [7, 11) is 0. The van der Waals surface area contributed by atoms with Gasteiger partial charge < -0.3 is 10.5 Å². The average molecular weight is 288 g/mol. The third-order valence-electron chi connectivity index (χ3n) is 2.81. The van der Waals surface area contributed by atoms with Gasteiger partial charge in [-0.1, -0.05) is 18.2 Å². The number of rotatable bonds is 3. The van der Waals surface area contributed by atoms with Crippen LogP contribution in [0.3, 0.4) is 0 Å². The van der Waals surface area contributed by atoms with Crippen molar-refractivity contribution in [1.29, 1.82) is 0 Å². The summed E-state index contributed by atoms with van der Waals surface area (Å²) in [4.78, 5) is 12.2. The molecule has 0 bridgehead atoms. The van der Waals surface area contributed by atoms with Gasteiger partial charge in [-0.05, 0) is 45.4 Å². The van der Waals surface area contributed by atoms with Crippen molar-refractivity contribution >= 4 is 11.7 Å². The number of anilines is 1. The van der Waals surface area contributed by atoms with Crippen LogP contribution in [0.2, 0.25) is 0 Å². The lowest BCUT2D eigenvalue weighted by molar-refractivity contribution is 0.00615. The number of esters is 1. The molecule has 1 aromatic carbocycles. The Hall–Kier alpha value is -2.37. The largest absolute Gasteiger partial charge is 0.455 e. The first-order valence-corrected chi connectivity index (χ1v) is 6.85. The summed E-state index contributed by atoms with van der Waals surface area (Å²) in [5, 5.41) is 8.03. The van der Waals surface area contributed by atoms with Crippen molar-refractivity contribution in [2.45, 2.75) is 39.7 Å². The lowest BCUT2D eigenvalue weighted by Gasteiger charge is -2.18. The predicted molar refractivity (Wildman–Crippen MR) is 80.3 cm³/mol. The molecule has 6 nitrogen and oxygen atoms in total. The van der Waals surface area contributed by atoms with Crippen molar-refractivity contribution < 1.29 is 9.53 Å². The summed E-state index contributed by atoms with van der Waals surface area (Å²) in [6.45, 7) is 7.39. The van der Waals surface area contributed by atoms with Gasteiger partial charge in [-0.3, -0.25) is 0 Å². The highest BCUT2D eigenvalue weighted by Gasteiger charge is 2.25. The SMILES string of the molecule is CCc1c(C(=O)OC(C)(C)C)nnn1-c1cccc(N)c1. The van der Waals surface area contributed by atoms with Crippen molar-refractivity contribution in [2.75, 3.05) is 5.73 Å². The van der Waals surface area contributed by atoms with Crippen LogP contribution < -0.4 is 5.73 Å². The van der Waals surface area contributed by atoms with Crippen LogP contribution in [-0.4, -0.2) is 26.6 Å². The topological polar surface area (TPSA) is 83.0 Å². The van der Waals surface area contributed by atoms with Gasteiger partial charge in [0.15, 0.2) is 5.69 Å². The average Bonchev–Trinajstić information content (AvgIpc) is 2.80. The Morgan fingerprint density at radius 2 is 2.10 bits per heavy atom. The Bertz CT molecular complexity index is 656. The molecule has 0 atom stereocenters. The molecule has 0 radical (unpaired) electrons. The Kier molecular flexibility index (Phi) is 3.97. The minimum absolute atomic E-state index is 0.245. The molecular formula is C15H20N4O2. The molecule has 0 aliphatic heterocycles. The molecule has 2 rings (SSSR count). The fourth-order valence-corrected chi connectivity index (χ4v) is 1.97. The molecule has 112 valence electrons. The molecule has 2 aromatic rings. The van der Waals surface area contributed by atoms with Crippen LogP contribution in [-0.2, 0) is 11.2 Å². The summed E-state index contributed by atoms with van der Waals surface area (Å²) >= 11 is 0. The molecule has 0 aliphatic rings. The number of nitrogens with zero attached hydrogens (tertiary/aromatic N) is 3. The summed E-state index contributed by atoms with van der Waals surface area (Å²) in [5.74, 6) is -0.463. The third kappa shape index (κ3) is 3.39. The standard InChI is InChI=1S/C15H20N4O2/c1-5-12-13(14(20)21-15(2,3)4)17-18-19(12)11-8-6-7-10(16)9-11/h6-9H,5,16H2,1-4H3. The maximum Gasteiger partial charge on any atom is 0.361 e. The van der Waals surface area contributed by atoms with Crippen molar-refractivity contribution in [3.05, 3.63) is 35.7 Å². The number of aromatic nitrogens is 3. The van der Waals surface area contributed by atoms with Crippen molar-refractivity contribution in [3.63, 3.8) is 0 Å². The van der Waals surface area contributed by atoms with Crippen LogP contribution in [0.1, 0.15) is 43.9 Å². The number of carbonyl (C=O) groups is 1. The molecule has 21 heavy (non-hydrogen) atoms. The smallest absolute Gasteiger partial charge is 0.361 e. The van der Waals surface area contributed by atoms with Gasteiger partial charge in [-0.15, -0.1) is 5.10 Å². The molecule has 0 saturated carbocycles. The maximum absolute atomic E-state index is 12.2. The third-order valence-corrected chi connectivity index (χ3v) is 2.81. The summed E-state index contributed by atoms with van der Waals surface area (Å²) in [5.41, 5.74) is 7.57. The highest BCUT2D eigenvalue weighted by Crippen LogP contribution is 2.18. The zero-order chi connectivity index (χ0) is 15.6. The van der Waals surface area contributed by atoms with E-state index in [4.69, 9.17) is 10.5 Å². The van der Waals surface area contributed by atoms with Crippen LogP contribution >= 0.6 is 0 Å². The Morgan fingerprint density at radius 1 is 1.38 bits per heavy atom. The van der Waals surface area contributed by atoms with Gasteiger partial charge in [-0.25, -0.2) is 9.48 Å². The summed E-state index contributed by atoms with van der Waals surface area (Å²) in [6.07, 6.45) is 0.608. The zero-order valence-corrected chi connectivity index (χ0v) is 12.8. The van der Waals surface area contributed by atoms with Crippen molar-refractivity contribution in [2.24, 2.45) is 0 Å². The highest BCUT2D eigenvalue weighted by molar-refractivity contribution is 5.88. The van der Waals surface area contributed by atoms with Gasteiger partial charge in [-0.2, -0.15) is 0 Å².